The van der Waals surface area contributed by atoms with Gasteiger partial charge in [-0.15, -0.1) is 0 Å². The van der Waals surface area contributed by atoms with E-state index in [1.165, 1.54) is 18.6 Å². The van der Waals surface area contributed by atoms with Crippen LogP contribution in [0.5, 0.6) is 0 Å². The monoisotopic (exact) mass is 282 g/mol. The number of nitrogens with zero attached hydrogens (tertiary/aromatic N) is 1. The van der Waals surface area contributed by atoms with Gasteiger partial charge >= 0.3 is 0 Å². The van der Waals surface area contributed by atoms with Gasteiger partial charge in [-0.05, 0) is 56.7 Å². The first-order chi connectivity index (χ1) is 9.67. The molecule has 0 aliphatic carbocycles. The maximum atomic E-state index is 12.8. The van der Waals surface area contributed by atoms with Gasteiger partial charge in [-0.1, -0.05) is 26.0 Å². The number of unbranched alkanes of at least 4 members (excludes halogenated alkanes) is 1. The lowest BCUT2D eigenvalue weighted by Crippen LogP contribution is -2.26. The van der Waals surface area contributed by atoms with E-state index in [4.69, 9.17) is 0 Å². The fourth-order valence-electron chi connectivity index (χ4n) is 2.17. The third kappa shape index (κ3) is 6.46. The Morgan fingerprint density at radius 2 is 1.80 bits per heavy atom. The molecule has 0 radical (unpaired) electrons. The van der Waals surface area contributed by atoms with Crippen LogP contribution in [0.25, 0.3) is 0 Å². The Hall–Kier alpha value is -0.970. The predicted molar refractivity (Wildman–Crippen MR) is 81.3 cm³/mol. The first-order valence-electron chi connectivity index (χ1n) is 7.54. The molecule has 20 heavy (non-hydrogen) atoms. The lowest BCUT2D eigenvalue weighted by molar-refractivity contribution is 0.174. The second-order valence-electron chi connectivity index (χ2n) is 5.01. The summed E-state index contributed by atoms with van der Waals surface area (Å²) < 4.78 is 12.8. The van der Waals surface area contributed by atoms with Crippen molar-refractivity contribution >= 4 is 0 Å². The molecule has 0 heterocycles. The summed E-state index contributed by atoms with van der Waals surface area (Å²) >= 11 is 0. The van der Waals surface area contributed by atoms with E-state index in [9.17, 15) is 9.50 Å². The van der Waals surface area contributed by atoms with Crippen LogP contribution in [0.2, 0.25) is 0 Å². The maximum absolute atomic E-state index is 12.8. The summed E-state index contributed by atoms with van der Waals surface area (Å²) in [7, 11) is 0. The molecule has 0 aromatic heterocycles. The average molecular weight is 282 g/mol. The molecule has 0 amide bonds. The minimum Gasteiger partial charge on any atom is -0.387 e. The Labute approximate surface area is 121 Å². The molecule has 4 heteroatoms. The summed E-state index contributed by atoms with van der Waals surface area (Å²) in [5.74, 6) is -0.273. The van der Waals surface area contributed by atoms with E-state index in [0.717, 1.165) is 38.2 Å². The van der Waals surface area contributed by atoms with E-state index in [2.05, 4.69) is 24.1 Å². The molecule has 0 saturated carbocycles. The normalized spacial score (nSPS) is 12.8. The molecule has 1 atom stereocenters. The van der Waals surface area contributed by atoms with Gasteiger partial charge in [-0.2, -0.15) is 0 Å². The van der Waals surface area contributed by atoms with E-state index in [-0.39, 0.29) is 5.82 Å². The van der Waals surface area contributed by atoms with E-state index < -0.39 is 6.10 Å². The molecule has 0 aliphatic rings. The average Bonchev–Trinajstić information content (AvgIpc) is 2.47. The molecule has 0 fully saturated rings. The fraction of sp³-hybridized carbons (Fsp3) is 0.625. The zero-order valence-electron chi connectivity index (χ0n) is 12.6. The highest BCUT2D eigenvalue weighted by atomic mass is 19.1. The van der Waals surface area contributed by atoms with Gasteiger partial charge in [0.2, 0.25) is 0 Å². The standard InChI is InChI=1S/C16H27FN2O/c1-3-19(4-2)12-6-5-11-18-13-16(20)14-7-9-15(17)10-8-14/h7-10,16,18,20H,3-6,11-13H2,1-2H3. The molecule has 114 valence electrons. The summed E-state index contributed by atoms with van der Waals surface area (Å²) in [6.07, 6.45) is 1.70. The summed E-state index contributed by atoms with van der Waals surface area (Å²) in [6, 6.07) is 6.01. The van der Waals surface area contributed by atoms with E-state index in [0.29, 0.717) is 6.54 Å². The molecule has 0 saturated heterocycles. The first-order valence-corrected chi connectivity index (χ1v) is 7.54. The lowest BCUT2D eigenvalue weighted by Gasteiger charge is -2.17. The molecular formula is C16H27FN2O. The Balaban J connectivity index is 2.10. The van der Waals surface area contributed by atoms with Crippen LogP contribution in [0.3, 0.4) is 0 Å². The Kier molecular flexibility index (Phi) is 8.42. The minimum atomic E-state index is -0.571. The SMILES string of the molecule is CCN(CC)CCCCNCC(O)c1ccc(F)cc1. The van der Waals surface area contributed by atoms with Crippen molar-refractivity contribution in [1.82, 2.24) is 10.2 Å². The Bertz CT molecular complexity index is 352. The quantitative estimate of drug-likeness (QED) is 0.647. The van der Waals surface area contributed by atoms with Crippen molar-refractivity contribution in [1.29, 1.82) is 0 Å². The van der Waals surface area contributed by atoms with Gasteiger partial charge in [-0.3, -0.25) is 0 Å². The van der Waals surface area contributed by atoms with Gasteiger partial charge in [0.15, 0.2) is 0 Å². The summed E-state index contributed by atoms with van der Waals surface area (Å²) in [5, 5.41) is 13.2. The molecule has 2 N–H and O–H groups in total. The number of benzene rings is 1. The summed E-state index contributed by atoms with van der Waals surface area (Å²) in [4.78, 5) is 2.41. The van der Waals surface area contributed by atoms with Crippen molar-refractivity contribution in [2.75, 3.05) is 32.7 Å². The lowest BCUT2D eigenvalue weighted by atomic mass is 10.1. The second kappa shape index (κ2) is 9.86. The van der Waals surface area contributed by atoms with E-state index in [1.807, 2.05) is 0 Å². The molecular weight excluding hydrogens is 255 g/mol. The highest BCUT2D eigenvalue weighted by Gasteiger charge is 2.06. The largest absolute Gasteiger partial charge is 0.387 e. The van der Waals surface area contributed by atoms with Gasteiger partial charge in [0, 0.05) is 6.54 Å². The third-order valence-corrected chi connectivity index (χ3v) is 3.56. The highest BCUT2D eigenvalue weighted by Crippen LogP contribution is 2.12. The van der Waals surface area contributed by atoms with Crippen LogP contribution in [-0.2, 0) is 0 Å². The van der Waals surface area contributed by atoms with Crippen molar-refractivity contribution in [3.63, 3.8) is 0 Å². The fourth-order valence-corrected chi connectivity index (χ4v) is 2.17. The van der Waals surface area contributed by atoms with Crippen molar-refractivity contribution in [3.8, 4) is 0 Å². The van der Waals surface area contributed by atoms with E-state index in [1.54, 1.807) is 12.1 Å². The highest BCUT2D eigenvalue weighted by molar-refractivity contribution is 5.18. The minimum absolute atomic E-state index is 0.273. The van der Waals surface area contributed by atoms with Gasteiger partial charge in [0.1, 0.15) is 5.82 Å². The Morgan fingerprint density at radius 3 is 2.40 bits per heavy atom. The first kappa shape index (κ1) is 17.1. The van der Waals surface area contributed by atoms with Crippen molar-refractivity contribution in [2.24, 2.45) is 0 Å². The van der Waals surface area contributed by atoms with Gasteiger partial charge in [-0.25, -0.2) is 4.39 Å². The van der Waals surface area contributed by atoms with Crippen LogP contribution in [0.1, 0.15) is 38.4 Å². The van der Waals surface area contributed by atoms with Crippen molar-refractivity contribution in [3.05, 3.63) is 35.6 Å². The molecule has 0 aliphatic heterocycles. The number of hydrogen-bond donors (Lipinski definition) is 2. The molecule has 1 aromatic rings. The van der Waals surface area contributed by atoms with Crippen LogP contribution in [0, 0.1) is 5.82 Å². The van der Waals surface area contributed by atoms with Crippen LogP contribution >= 0.6 is 0 Å². The number of halogens is 1. The predicted octanol–water partition coefficient (Wildman–Crippen LogP) is 2.57. The van der Waals surface area contributed by atoms with Gasteiger partial charge in [0.25, 0.3) is 0 Å². The molecule has 3 nitrogen and oxygen atoms in total. The third-order valence-electron chi connectivity index (χ3n) is 3.56. The molecule has 1 rings (SSSR count). The number of hydrogen-bond acceptors (Lipinski definition) is 3. The number of nitrogens with one attached hydrogen (secondary N) is 1. The van der Waals surface area contributed by atoms with Crippen LogP contribution < -0.4 is 5.32 Å². The van der Waals surface area contributed by atoms with Gasteiger partial charge in [0.05, 0.1) is 6.10 Å². The molecule has 1 aromatic carbocycles. The van der Waals surface area contributed by atoms with E-state index >= 15 is 0 Å². The zero-order chi connectivity index (χ0) is 14.8. The molecule has 0 bridgehead atoms. The van der Waals surface area contributed by atoms with Gasteiger partial charge < -0.3 is 15.3 Å². The number of aliphatic hydroxyl groups is 1. The van der Waals surface area contributed by atoms with Crippen molar-refractivity contribution in [2.45, 2.75) is 32.8 Å². The zero-order valence-corrected chi connectivity index (χ0v) is 12.6. The van der Waals surface area contributed by atoms with Crippen LogP contribution in [0.4, 0.5) is 4.39 Å². The van der Waals surface area contributed by atoms with Crippen LogP contribution in [-0.4, -0.2) is 42.7 Å². The van der Waals surface area contributed by atoms with Crippen LogP contribution in [0.15, 0.2) is 24.3 Å². The smallest absolute Gasteiger partial charge is 0.123 e. The maximum Gasteiger partial charge on any atom is 0.123 e. The molecule has 0 spiro atoms. The topological polar surface area (TPSA) is 35.5 Å². The summed E-state index contributed by atoms with van der Waals surface area (Å²) in [6.45, 7) is 9.12. The second-order valence-corrected chi connectivity index (χ2v) is 5.01. The van der Waals surface area contributed by atoms with Crippen molar-refractivity contribution < 1.29 is 9.50 Å². The number of rotatable bonds is 10. The number of aliphatic hydroxyl groups excluding tert-OH is 1. The summed E-state index contributed by atoms with van der Waals surface area (Å²) in [5.41, 5.74) is 0.752. The molecule has 1 unspecified atom stereocenters. The Morgan fingerprint density at radius 1 is 1.15 bits per heavy atom.